The van der Waals surface area contributed by atoms with Gasteiger partial charge in [0.25, 0.3) is 5.91 Å². The lowest BCUT2D eigenvalue weighted by atomic mass is 10.1. The quantitative estimate of drug-likeness (QED) is 0.794. The van der Waals surface area contributed by atoms with Crippen molar-refractivity contribution in [3.05, 3.63) is 47.0 Å². The molecule has 0 bridgehead atoms. The Balaban J connectivity index is 1.94. The second-order valence-corrected chi connectivity index (χ2v) is 5.47. The molecule has 0 N–H and O–H groups in total. The maximum atomic E-state index is 12.3. The molecule has 0 aromatic heterocycles. The Morgan fingerprint density at radius 3 is 2.58 bits per heavy atom. The molecule has 0 unspecified atom stereocenters. The van der Waals surface area contributed by atoms with Gasteiger partial charge in [0, 0.05) is 43.3 Å². The summed E-state index contributed by atoms with van der Waals surface area (Å²) in [7, 11) is 0. The Labute approximate surface area is 119 Å². The molecule has 1 saturated heterocycles. The molecule has 1 fully saturated rings. The first-order chi connectivity index (χ1) is 9.06. The fourth-order valence-electron chi connectivity index (χ4n) is 2.29. The van der Waals surface area contributed by atoms with Crippen LogP contribution in [0.25, 0.3) is 0 Å². The van der Waals surface area contributed by atoms with Gasteiger partial charge < -0.3 is 4.90 Å². The van der Waals surface area contributed by atoms with Crippen molar-refractivity contribution in [1.82, 2.24) is 9.80 Å². The Kier molecular flexibility index (Phi) is 4.61. The molecule has 4 heteroatoms. The molecule has 1 heterocycles. The van der Waals surface area contributed by atoms with Crippen LogP contribution in [-0.4, -0.2) is 48.4 Å². The highest BCUT2D eigenvalue weighted by Crippen LogP contribution is 2.14. The van der Waals surface area contributed by atoms with Gasteiger partial charge in [-0.05, 0) is 25.1 Å². The van der Waals surface area contributed by atoms with E-state index in [4.69, 9.17) is 11.6 Å². The van der Waals surface area contributed by atoms with Gasteiger partial charge in [-0.1, -0.05) is 29.8 Å². The van der Waals surface area contributed by atoms with Crippen LogP contribution in [0.2, 0.25) is 5.02 Å². The van der Waals surface area contributed by atoms with Crippen LogP contribution in [0.15, 0.2) is 36.4 Å². The van der Waals surface area contributed by atoms with E-state index in [1.807, 2.05) is 24.0 Å². The zero-order chi connectivity index (χ0) is 13.8. The van der Waals surface area contributed by atoms with Gasteiger partial charge >= 0.3 is 0 Å². The minimum atomic E-state index is 0.0671. The Morgan fingerprint density at radius 1 is 1.32 bits per heavy atom. The van der Waals surface area contributed by atoms with Crippen LogP contribution in [0.1, 0.15) is 17.3 Å². The van der Waals surface area contributed by atoms with Crippen LogP contribution in [0.5, 0.6) is 0 Å². The normalized spacial score (nSPS) is 16.4. The van der Waals surface area contributed by atoms with Crippen LogP contribution in [0.4, 0.5) is 0 Å². The summed E-state index contributed by atoms with van der Waals surface area (Å²) in [6.45, 7) is 10.2. The minimum Gasteiger partial charge on any atom is -0.336 e. The summed E-state index contributed by atoms with van der Waals surface area (Å²) < 4.78 is 0. The SMILES string of the molecule is C=C(C)CN1CCN(C(=O)c2cccc(Cl)c2)CC1. The standard InChI is InChI=1S/C15H19ClN2O/c1-12(2)11-17-6-8-18(9-7-17)15(19)13-4-3-5-14(16)10-13/h3-5,10H,1,6-9,11H2,2H3. The molecule has 1 aromatic carbocycles. The zero-order valence-corrected chi connectivity index (χ0v) is 12.0. The molecule has 2 rings (SSSR count). The molecule has 1 aliphatic heterocycles. The second kappa shape index (κ2) is 6.22. The van der Waals surface area contributed by atoms with Crippen molar-refractivity contribution in [2.24, 2.45) is 0 Å². The number of benzene rings is 1. The Bertz CT molecular complexity index is 479. The zero-order valence-electron chi connectivity index (χ0n) is 11.2. The lowest BCUT2D eigenvalue weighted by Crippen LogP contribution is -2.48. The molecule has 19 heavy (non-hydrogen) atoms. The number of hydrogen-bond acceptors (Lipinski definition) is 2. The van der Waals surface area contributed by atoms with Crippen molar-refractivity contribution in [2.75, 3.05) is 32.7 Å². The van der Waals surface area contributed by atoms with E-state index in [1.165, 1.54) is 0 Å². The molecular weight excluding hydrogens is 260 g/mol. The molecule has 0 aliphatic carbocycles. The predicted octanol–water partition coefficient (Wildman–Crippen LogP) is 2.67. The predicted molar refractivity (Wildman–Crippen MR) is 78.6 cm³/mol. The van der Waals surface area contributed by atoms with Crippen molar-refractivity contribution in [2.45, 2.75) is 6.92 Å². The van der Waals surface area contributed by atoms with E-state index in [9.17, 15) is 4.79 Å². The van der Waals surface area contributed by atoms with Gasteiger partial charge in [0.1, 0.15) is 0 Å². The lowest BCUT2D eigenvalue weighted by Gasteiger charge is -2.34. The summed E-state index contributed by atoms with van der Waals surface area (Å²) in [5.74, 6) is 0.0671. The van der Waals surface area contributed by atoms with E-state index >= 15 is 0 Å². The largest absolute Gasteiger partial charge is 0.336 e. The highest BCUT2D eigenvalue weighted by Gasteiger charge is 2.21. The molecule has 0 saturated carbocycles. The number of amides is 1. The Morgan fingerprint density at radius 2 is 2.00 bits per heavy atom. The fraction of sp³-hybridized carbons (Fsp3) is 0.400. The molecule has 102 valence electrons. The first-order valence-corrected chi connectivity index (χ1v) is 6.85. The molecule has 3 nitrogen and oxygen atoms in total. The van der Waals surface area contributed by atoms with Crippen LogP contribution in [0.3, 0.4) is 0 Å². The number of hydrogen-bond donors (Lipinski definition) is 0. The summed E-state index contributed by atoms with van der Waals surface area (Å²) in [5, 5.41) is 0.603. The van der Waals surface area contributed by atoms with Gasteiger partial charge in [-0.2, -0.15) is 0 Å². The van der Waals surface area contributed by atoms with Gasteiger partial charge in [0.2, 0.25) is 0 Å². The van der Waals surface area contributed by atoms with Crippen molar-refractivity contribution in [3.8, 4) is 0 Å². The average molecular weight is 279 g/mol. The molecular formula is C15H19ClN2O. The van der Waals surface area contributed by atoms with Gasteiger partial charge in [0.15, 0.2) is 0 Å². The summed E-state index contributed by atoms with van der Waals surface area (Å²) in [6.07, 6.45) is 0. The maximum absolute atomic E-state index is 12.3. The van der Waals surface area contributed by atoms with Crippen LogP contribution >= 0.6 is 11.6 Å². The summed E-state index contributed by atoms with van der Waals surface area (Å²) in [6, 6.07) is 7.13. The minimum absolute atomic E-state index is 0.0671. The molecule has 1 aromatic rings. The van der Waals surface area contributed by atoms with Gasteiger partial charge in [0.05, 0.1) is 0 Å². The Hall–Kier alpha value is -1.32. The monoisotopic (exact) mass is 278 g/mol. The summed E-state index contributed by atoms with van der Waals surface area (Å²) in [4.78, 5) is 16.5. The summed E-state index contributed by atoms with van der Waals surface area (Å²) in [5.41, 5.74) is 1.83. The molecule has 1 amide bonds. The highest BCUT2D eigenvalue weighted by molar-refractivity contribution is 6.30. The van der Waals surface area contributed by atoms with E-state index in [0.29, 0.717) is 10.6 Å². The first-order valence-electron chi connectivity index (χ1n) is 6.48. The van der Waals surface area contributed by atoms with Crippen LogP contribution in [-0.2, 0) is 0 Å². The van der Waals surface area contributed by atoms with Gasteiger partial charge in [-0.25, -0.2) is 0 Å². The number of halogens is 1. The molecule has 0 spiro atoms. The van der Waals surface area contributed by atoms with Crippen LogP contribution < -0.4 is 0 Å². The average Bonchev–Trinajstić information content (AvgIpc) is 2.38. The van der Waals surface area contributed by atoms with E-state index in [-0.39, 0.29) is 5.91 Å². The third kappa shape index (κ3) is 3.82. The first kappa shape index (κ1) is 14.1. The molecule has 0 radical (unpaired) electrons. The van der Waals surface area contributed by atoms with Crippen molar-refractivity contribution >= 4 is 17.5 Å². The lowest BCUT2D eigenvalue weighted by molar-refractivity contribution is 0.0648. The van der Waals surface area contributed by atoms with Crippen molar-refractivity contribution < 1.29 is 4.79 Å². The third-order valence-corrected chi connectivity index (χ3v) is 3.46. The smallest absolute Gasteiger partial charge is 0.253 e. The fourth-order valence-corrected chi connectivity index (χ4v) is 2.49. The number of rotatable bonds is 3. The van der Waals surface area contributed by atoms with E-state index in [2.05, 4.69) is 11.5 Å². The number of carbonyl (C=O) groups is 1. The number of piperazine rings is 1. The number of carbonyl (C=O) groups excluding carboxylic acids is 1. The van der Waals surface area contributed by atoms with Crippen molar-refractivity contribution in [3.63, 3.8) is 0 Å². The maximum Gasteiger partial charge on any atom is 0.253 e. The third-order valence-electron chi connectivity index (χ3n) is 3.22. The topological polar surface area (TPSA) is 23.6 Å². The van der Waals surface area contributed by atoms with Crippen LogP contribution in [0, 0.1) is 0 Å². The van der Waals surface area contributed by atoms with E-state index in [1.54, 1.807) is 12.1 Å². The van der Waals surface area contributed by atoms with E-state index in [0.717, 1.165) is 38.3 Å². The molecule has 1 aliphatic rings. The summed E-state index contributed by atoms with van der Waals surface area (Å²) >= 11 is 5.92. The highest BCUT2D eigenvalue weighted by atomic mass is 35.5. The molecule has 0 atom stereocenters. The van der Waals surface area contributed by atoms with Crippen molar-refractivity contribution in [1.29, 1.82) is 0 Å². The van der Waals surface area contributed by atoms with E-state index < -0.39 is 0 Å². The second-order valence-electron chi connectivity index (χ2n) is 5.04. The number of nitrogens with zero attached hydrogens (tertiary/aromatic N) is 2. The van der Waals surface area contributed by atoms with Gasteiger partial charge in [-0.15, -0.1) is 0 Å². The van der Waals surface area contributed by atoms with Gasteiger partial charge in [-0.3, -0.25) is 9.69 Å².